The molecule has 0 aliphatic heterocycles. The van der Waals surface area contributed by atoms with Crippen molar-refractivity contribution in [3.63, 3.8) is 0 Å². The number of nitrogens with one attached hydrogen (secondary N) is 1. The van der Waals surface area contributed by atoms with Crippen molar-refractivity contribution in [2.24, 2.45) is 0 Å². The molecule has 2 rings (SSSR count). The van der Waals surface area contributed by atoms with Crippen LogP contribution in [-0.4, -0.2) is 17.1 Å². The number of rotatable bonds is 3. The Morgan fingerprint density at radius 2 is 2.28 bits per heavy atom. The maximum absolute atomic E-state index is 11.8. The van der Waals surface area contributed by atoms with Crippen molar-refractivity contribution in [2.75, 3.05) is 7.11 Å². The second-order valence-electron chi connectivity index (χ2n) is 3.34. The molecule has 1 N–H and O–H groups in total. The van der Waals surface area contributed by atoms with Crippen molar-refractivity contribution in [3.05, 3.63) is 35.4 Å². The van der Waals surface area contributed by atoms with Crippen LogP contribution in [-0.2, 0) is 11.3 Å². The third kappa shape index (κ3) is 2.85. The lowest BCUT2D eigenvalue weighted by Gasteiger charge is -2.04. The van der Waals surface area contributed by atoms with E-state index < -0.39 is 0 Å². The number of H-pyrrole nitrogens is 1. The number of ether oxygens (including phenoxy) is 1. The highest BCUT2D eigenvalue weighted by molar-refractivity contribution is 9.10. The zero-order valence-electron chi connectivity index (χ0n) is 9.09. The Bertz CT molecular complexity index is 622. The summed E-state index contributed by atoms with van der Waals surface area (Å²) in [6.07, 6.45) is 0. The number of aromatic amines is 1. The molecule has 0 aromatic carbocycles. The minimum Gasteiger partial charge on any atom is -0.378 e. The molecule has 0 unspecified atom stereocenters. The van der Waals surface area contributed by atoms with Crippen molar-refractivity contribution in [1.29, 1.82) is 0 Å². The molecule has 0 fully saturated rings. The van der Waals surface area contributed by atoms with Gasteiger partial charge in [-0.15, -0.1) is 11.3 Å². The van der Waals surface area contributed by atoms with E-state index in [9.17, 15) is 4.79 Å². The summed E-state index contributed by atoms with van der Waals surface area (Å²) in [7, 11) is 1.55. The third-order valence-electron chi connectivity index (χ3n) is 2.09. The van der Waals surface area contributed by atoms with E-state index >= 15 is 0 Å². The van der Waals surface area contributed by atoms with Gasteiger partial charge in [0.2, 0.25) is 0 Å². The molecule has 0 aliphatic carbocycles. The quantitative estimate of drug-likeness (QED) is 0.831. The molecule has 4 nitrogen and oxygen atoms in total. The molecule has 0 atom stereocenters. The van der Waals surface area contributed by atoms with E-state index in [2.05, 4.69) is 41.8 Å². The van der Waals surface area contributed by atoms with Gasteiger partial charge < -0.3 is 9.72 Å². The molecule has 2 heterocycles. The predicted octanol–water partition coefficient (Wildman–Crippen LogP) is 3.82. The van der Waals surface area contributed by atoms with E-state index in [1.807, 2.05) is 6.07 Å². The second-order valence-corrected chi connectivity index (χ2v) is 6.64. The average Bonchev–Trinajstić information content (AvgIpc) is 2.65. The minimum absolute atomic E-state index is 0.243. The first-order valence-corrected chi connectivity index (χ1v) is 7.53. The van der Waals surface area contributed by atoms with Gasteiger partial charge in [-0.05, 0) is 37.9 Å². The van der Waals surface area contributed by atoms with Crippen molar-refractivity contribution in [2.45, 2.75) is 6.61 Å². The average molecular weight is 415 g/mol. The molecule has 0 saturated heterocycles. The molecule has 0 aliphatic rings. The first kappa shape index (κ1) is 14.2. The first-order valence-electron chi connectivity index (χ1n) is 4.75. The van der Waals surface area contributed by atoms with Crippen molar-refractivity contribution in [1.82, 2.24) is 9.97 Å². The van der Waals surface area contributed by atoms with E-state index in [1.165, 1.54) is 11.3 Å². The number of hydrogen-bond acceptors (Lipinski definition) is 4. The van der Waals surface area contributed by atoms with E-state index in [0.717, 1.165) is 9.35 Å². The van der Waals surface area contributed by atoms with Gasteiger partial charge in [-0.25, -0.2) is 4.98 Å². The molecule has 2 aromatic heterocycles. The Kier molecular flexibility index (Phi) is 4.60. The van der Waals surface area contributed by atoms with Crippen LogP contribution in [0.4, 0.5) is 0 Å². The van der Waals surface area contributed by atoms with Crippen molar-refractivity contribution in [3.8, 4) is 10.7 Å². The Balaban J connectivity index is 2.55. The molecule has 18 heavy (non-hydrogen) atoms. The first-order chi connectivity index (χ1) is 8.52. The Morgan fingerprint density at radius 3 is 2.83 bits per heavy atom. The van der Waals surface area contributed by atoms with Crippen LogP contribution in [0.5, 0.6) is 0 Å². The third-order valence-corrected chi connectivity index (χ3v) is 5.39. The molecular formula is C10H7Br2ClN2O2S. The fraction of sp³-hybridized carbons (Fsp3) is 0.200. The predicted molar refractivity (Wildman–Crippen MR) is 79.3 cm³/mol. The summed E-state index contributed by atoms with van der Waals surface area (Å²) in [6.45, 7) is 0.262. The van der Waals surface area contributed by atoms with Gasteiger partial charge in [0.1, 0.15) is 8.81 Å². The van der Waals surface area contributed by atoms with E-state index in [-0.39, 0.29) is 12.2 Å². The van der Waals surface area contributed by atoms with Crippen molar-refractivity contribution < 1.29 is 4.74 Å². The molecule has 0 saturated carbocycles. The van der Waals surface area contributed by atoms with Gasteiger partial charge >= 0.3 is 0 Å². The maximum Gasteiger partial charge on any atom is 0.265 e. The Morgan fingerprint density at radius 1 is 1.56 bits per heavy atom. The molecule has 0 bridgehead atoms. The second kappa shape index (κ2) is 5.83. The lowest BCUT2D eigenvalue weighted by atomic mass is 10.4. The number of hydrogen-bond donors (Lipinski definition) is 1. The number of aromatic nitrogens is 2. The molecule has 2 aromatic rings. The van der Waals surface area contributed by atoms with Gasteiger partial charge in [-0.1, -0.05) is 11.6 Å². The van der Waals surface area contributed by atoms with Crippen LogP contribution in [0.2, 0.25) is 4.34 Å². The molecule has 8 heteroatoms. The largest absolute Gasteiger partial charge is 0.378 e. The normalized spacial score (nSPS) is 10.9. The van der Waals surface area contributed by atoms with Gasteiger partial charge in [-0.2, -0.15) is 0 Å². The number of thiophene rings is 1. The van der Waals surface area contributed by atoms with Crippen LogP contribution < -0.4 is 5.56 Å². The van der Waals surface area contributed by atoms with Gasteiger partial charge in [0.25, 0.3) is 5.56 Å². The zero-order chi connectivity index (χ0) is 13.3. The summed E-state index contributed by atoms with van der Waals surface area (Å²) in [5, 5.41) is 0. The molecule has 0 spiro atoms. The van der Waals surface area contributed by atoms with Gasteiger partial charge in [0.05, 0.1) is 17.2 Å². The van der Waals surface area contributed by atoms with Crippen LogP contribution in [0.15, 0.2) is 19.8 Å². The lowest BCUT2D eigenvalue weighted by Crippen LogP contribution is -2.13. The van der Waals surface area contributed by atoms with E-state index in [0.29, 0.717) is 20.3 Å². The summed E-state index contributed by atoms with van der Waals surface area (Å²) < 4.78 is 6.79. The summed E-state index contributed by atoms with van der Waals surface area (Å²) >= 11 is 13.8. The van der Waals surface area contributed by atoms with Crippen LogP contribution in [0, 0.1) is 0 Å². The number of methoxy groups -OCH3 is 1. The maximum atomic E-state index is 11.8. The van der Waals surface area contributed by atoms with E-state index in [4.69, 9.17) is 16.3 Å². The van der Waals surface area contributed by atoms with Crippen LogP contribution in [0.3, 0.4) is 0 Å². The Hall–Kier alpha value is -0.210. The monoisotopic (exact) mass is 412 g/mol. The highest BCUT2D eigenvalue weighted by Gasteiger charge is 2.13. The van der Waals surface area contributed by atoms with Crippen LogP contribution >= 0.6 is 54.8 Å². The highest BCUT2D eigenvalue weighted by Crippen LogP contribution is 2.36. The molecule has 96 valence electrons. The van der Waals surface area contributed by atoms with Crippen LogP contribution in [0.1, 0.15) is 5.69 Å². The fourth-order valence-corrected chi connectivity index (χ4v) is 3.27. The lowest BCUT2D eigenvalue weighted by molar-refractivity contribution is 0.180. The zero-order valence-corrected chi connectivity index (χ0v) is 13.8. The van der Waals surface area contributed by atoms with Gasteiger partial charge in [-0.3, -0.25) is 4.79 Å². The Labute approximate surface area is 129 Å². The number of nitrogens with zero attached hydrogens (tertiary/aromatic N) is 1. The fourth-order valence-electron chi connectivity index (χ4n) is 1.32. The topological polar surface area (TPSA) is 55.0 Å². The number of halogens is 3. The van der Waals surface area contributed by atoms with E-state index in [1.54, 1.807) is 7.11 Å². The molecular weight excluding hydrogens is 407 g/mol. The minimum atomic E-state index is -0.243. The van der Waals surface area contributed by atoms with Gasteiger partial charge in [0.15, 0.2) is 5.82 Å². The van der Waals surface area contributed by atoms with Gasteiger partial charge in [0, 0.05) is 11.6 Å². The smallest absolute Gasteiger partial charge is 0.265 e. The van der Waals surface area contributed by atoms with Crippen molar-refractivity contribution >= 4 is 54.8 Å². The molecule has 0 radical (unpaired) electrons. The molecule has 0 amide bonds. The highest BCUT2D eigenvalue weighted by atomic mass is 79.9. The van der Waals surface area contributed by atoms with Crippen LogP contribution in [0.25, 0.3) is 10.7 Å². The standard InChI is InChI=1S/C10H7Br2ClN2O2S/c1-17-3-5-7(12)10(16)15-9(14-5)6-2-4(11)8(13)18-6/h2H,3H2,1H3,(H,14,15,16). The summed E-state index contributed by atoms with van der Waals surface area (Å²) in [6, 6.07) is 1.82. The summed E-state index contributed by atoms with van der Waals surface area (Å²) in [5.74, 6) is 0.479. The summed E-state index contributed by atoms with van der Waals surface area (Å²) in [4.78, 5) is 19.6. The SMILES string of the molecule is COCc1nc(-c2cc(Br)c(Cl)s2)[nH]c(=O)c1Br. The summed E-state index contributed by atoms with van der Waals surface area (Å²) in [5.41, 5.74) is 0.310.